The van der Waals surface area contributed by atoms with Crippen molar-refractivity contribution >= 4 is 11.8 Å². The summed E-state index contributed by atoms with van der Waals surface area (Å²) in [5.74, 6) is -0.363. The largest absolute Gasteiger partial charge is 0.388 e. The fourth-order valence-corrected chi connectivity index (χ4v) is 5.27. The van der Waals surface area contributed by atoms with Crippen LogP contribution in [-0.4, -0.2) is 171 Å². The minimum Gasteiger partial charge on any atom is -0.388 e. The molecule has 10 N–H and O–H groups in total. The summed E-state index contributed by atoms with van der Waals surface area (Å²) in [5.41, 5.74) is 0. The molecule has 268 valence electrons. The Morgan fingerprint density at radius 3 is 1.74 bits per heavy atom. The van der Waals surface area contributed by atoms with Crippen LogP contribution in [0.2, 0.25) is 0 Å². The van der Waals surface area contributed by atoms with Crippen LogP contribution in [0.15, 0.2) is 0 Å². The van der Waals surface area contributed by atoms with Crippen LogP contribution in [0.25, 0.3) is 0 Å². The second-order valence-corrected chi connectivity index (χ2v) is 11.7. The zero-order chi connectivity index (χ0) is 34.1. The number of unbranched alkanes of at least 4 members (excludes halogenated alkanes) is 1. The Morgan fingerprint density at radius 1 is 0.630 bits per heavy atom. The van der Waals surface area contributed by atoms with Crippen molar-refractivity contribution in [3.8, 4) is 0 Å². The highest BCUT2D eigenvalue weighted by Crippen LogP contribution is 2.30. The van der Waals surface area contributed by atoms with Crippen molar-refractivity contribution in [2.45, 2.75) is 139 Å². The van der Waals surface area contributed by atoms with Gasteiger partial charge in [0.2, 0.25) is 11.8 Å². The molecule has 0 bridgehead atoms. The van der Waals surface area contributed by atoms with Gasteiger partial charge < -0.3 is 79.9 Å². The van der Waals surface area contributed by atoms with Gasteiger partial charge in [0.15, 0.2) is 18.9 Å². The lowest BCUT2D eigenvalue weighted by Crippen LogP contribution is -2.64. The van der Waals surface area contributed by atoms with Crippen LogP contribution in [0.3, 0.4) is 0 Å². The summed E-state index contributed by atoms with van der Waals surface area (Å²) in [7, 11) is 0. The molecule has 3 fully saturated rings. The topological polar surface area (TPSA) is 275 Å². The number of hydrogen-bond donors (Lipinski definition) is 10. The van der Waals surface area contributed by atoms with Gasteiger partial charge in [-0.3, -0.25) is 9.59 Å². The van der Waals surface area contributed by atoms with Crippen molar-refractivity contribution in [2.24, 2.45) is 0 Å². The van der Waals surface area contributed by atoms with Crippen molar-refractivity contribution in [3.63, 3.8) is 0 Å². The molecule has 3 aliphatic heterocycles. The second-order valence-electron chi connectivity index (χ2n) is 11.7. The standard InChI is InChI=1S/C28H50N2O16/c1-4-29-15(31)7-5-6-8-16(32)30-9-10-41-27-24(40)25(46-28-23(39)21(37)18(34)13(3)44-28)19(35)14(45-27)11-42-26-22(38)20(36)17(33)12(2)43-26/h12-14,17-28,33-40H,4-11H2,1-3H3,(H,29,31)(H,30,32)/t12-,13+,14-,17-,18-,19-,20+,21-,22+,23+,24+,25+,26-,27+,28-/m1/s1. The first-order valence-corrected chi connectivity index (χ1v) is 15.6. The van der Waals surface area contributed by atoms with Crippen LogP contribution in [0.1, 0.15) is 46.5 Å². The second kappa shape index (κ2) is 18.2. The zero-order valence-corrected chi connectivity index (χ0v) is 26.2. The molecule has 3 aliphatic rings. The number of rotatable bonds is 15. The van der Waals surface area contributed by atoms with Gasteiger partial charge in [0.05, 0.1) is 25.4 Å². The Balaban J connectivity index is 1.60. The van der Waals surface area contributed by atoms with Gasteiger partial charge in [-0.2, -0.15) is 0 Å². The lowest BCUT2D eigenvalue weighted by atomic mass is 9.97. The lowest BCUT2D eigenvalue weighted by molar-refractivity contribution is -0.363. The van der Waals surface area contributed by atoms with E-state index in [1.807, 2.05) is 6.92 Å². The monoisotopic (exact) mass is 670 g/mol. The third-order valence-corrected chi connectivity index (χ3v) is 8.11. The van der Waals surface area contributed by atoms with Crippen molar-refractivity contribution in [2.75, 3.05) is 26.3 Å². The Hall–Kier alpha value is -1.62. The SMILES string of the molecule is CCNC(=O)CCCCC(=O)NCCO[C@H]1O[C@H](CO[C@@H]2O[C@H](C)[C@@H](O)[C@H](O)[C@@H]2O)[C@@H](O)[C@H](O[C@H]2O[C@@H](C)[C@@H](O)[C@@H](O)[C@@H]2O)[C@@H]1O. The number of aliphatic hydroxyl groups is 8. The van der Waals surface area contributed by atoms with E-state index in [4.69, 9.17) is 28.4 Å². The molecule has 0 aromatic heterocycles. The molecule has 3 heterocycles. The van der Waals surface area contributed by atoms with E-state index in [1.54, 1.807) is 0 Å². The predicted molar refractivity (Wildman–Crippen MR) is 152 cm³/mol. The summed E-state index contributed by atoms with van der Waals surface area (Å²) in [6.07, 6.45) is -20.5. The van der Waals surface area contributed by atoms with E-state index >= 15 is 0 Å². The number of ether oxygens (including phenoxy) is 6. The van der Waals surface area contributed by atoms with Crippen LogP contribution in [-0.2, 0) is 38.0 Å². The highest BCUT2D eigenvalue weighted by atomic mass is 16.7. The Bertz CT molecular complexity index is 949. The summed E-state index contributed by atoms with van der Waals surface area (Å²) in [6.45, 7) is 4.60. The number of carbonyl (C=O) groups is 2. The van der Waals surface area contributed by atoms with E-state index in [-0.39, 0.29) is 31.4 Å². The molecular weight excluding hydrogens is 620 g/mol. The minimum absolute atomic E-state index is 0.0171. The summed E-state index contributed by atoms with van der Waals surface area (Å²) in [4.78, 5) is 23.7. The molecule has 0 aromatic carbocycles. The zero-order valence-electron chi connectivity index (χ0n) is 26.2. The van der Waals surface area contributed by atoms with Gasteiger partial charge in [0.25, 0.3) is 0 Å². The van der Waals surface area contributed by atoms with Gasteiger partial charge in [0.1, 0.15) is 61.0 Å². The number of nitrogens with one attached hydrogen (secondary N) is 2. The van der Waals surface area contributed by atoms with E-state index in [9.17, 15) is 50.4 Å². The van der Waals surface area contributed by atoms with Crippen molar-refractivity contribution in [1.82, 2.24) is 10.6 Å². The Labute approximate surface area is 266 Å². The van der Waals surface area contributed by atoms with Gasteiger partial charge in [-0.05, 0) is 33.6 Å². The predicted octanol–water partition coefficient (Wildman–Crippen LogP) is -4.68. The first kappa shape index (κ1) is 38.8. The maximum absolute atomic E-state index is 12.2. The molecule has 0 spiro atoms. The average molecular weight is 671 g/mol. The van der Waals surface area contributed by atoms with Crippen LogP contribution in [0, 0.1) is 0 Å². The summed E-state index contributed by atoms with van der Waals surface area (Å²) in [6, 6.07) is 0. The molecule has 0 unspecified atom stereocenters. The van der Waals surface area contributed by atoms with Crippen LogP contribution < -0.4 is 10.6 Å². The molecular formula is C28H50N2O16. The molecule has 46 heavy (non-hydrogen) atoms. The van der Waals surface area contributed by atoms with Gasteiger partial charge in [0, 0.05) is 25.9 Å². The van der Waals surface area contributed by atoms with Crippen LogP contribution in [0.4, 0.5) is 0 Å². The smallest absolute Gasteiger partial charge is 0.220 e. The summed E-state index contributed by atoms with van der Waals surface area (Å²) >= 11 is 0. The van der Waals surface area contributed by atoms with Crippen molar-refractivity contribution in [1.29, 1.82) is 0 Å². The molecule has 0 radical (unpaired) electrons. The van der Waals surface area contributed by atoms with Gasteiger partial charge in [-0.1, -0.05) is 0 Å². The maximum atomic E-state index is 12.2. The number of carbonyl (C=O) groups excluding carboxylic acids is 2. The quantitative estimate of drug-likeness (QED) is 0.0733. The number of aliphatic hydroxyl groups excluding tert-OH is 8. The highest BCUT2D eigenvalue weighted by molar-refractivity contribution is 5.77. The van der Waals surface area contributed by atoms with E-state index in [0.717, 1.165) is 0 Å². The van der Waals surface area contributed by atoms with Gasteiger partial charge >= 0.3 is 0 Å². The number of amides is 2. The molecule has 2 amide bonds. The molecule has 0 aromatic rings. The van der Waals surface area contributed by atoms with E-state index in [0.29, 0.717) is 25.8 Å². The highest BCUT2D eigenvalue weighted by Gasteiger charge is 2.51. The van der Waals surface area contributed by atoms with E-state index in [2.05, 4.69) is 10.6 Å². The number of hydrogen-bond acceptors (Lipinski definition) is 16. The third-order valence-electron chi connectivity index (χ3n) is 8.11. The van der Waals surface area contributed by atoms with Crippen molar-refractivity contribution < 1.29 is 78.9 Å². The molecule has 15 atom stereocenters. The van der Waals surface area contributed by atoms with E-state index < -0.39 is 98.7 Å². The molecule has 0 aliphatic carbocycles. The molecule has 3 saturated heterocycles. The Morgan fingerprint density at radius 2 is 1.15 bits per heavy atom. The van der Waals surface area contributed by atoms with Crippen molar-refractivity contribution in [3.05, 3.63) is 0 Å². The van der Waals surface area contributed by atoms with Crippen LogP contribution in [0.5, 0.6) is 0 Å². The molecule has 18 nitrogen and oxygen atoms in total. The minimum atomic E-state index is -1.75. The maximum Gasteiger partial charge on any atom is 0.220 e. The lowest BCUT2D eigenvalue weighted by Gasteiger charge is -2.46. The summed E-state index contributed by atoms with van der Waals surface area (Å²) in [5, 5.41) is 88.4. The van der Waals surface area contributed by atoms with Crippen LogP contribution >= 0.6 is 0 Å². The molecule has 0 saturated carbocycles. The third kappa shape index (κ3) is 10.2. The van der Waals surface area contributed by atoms with Gasteiger partial charge in [-0.25, -0.2) is 0 Å². The fraction of sp³-hybridized carbons (Fsp3) is 0.929. The first-order chi connectivity index (χ1) is 21.8. The summed E-state index contributed by atoms with van der Waals surface area (Å²) < 4.78 is 33.5. The molecule has 3 rings (SSSR count). The van der Waals surface area contributed by atoms with Gasteiger partial charge in [-0.15, -0.1) is 0 Å². The Kier molecular flexibility index (Phi) is 15.4. The average Bonchev–Trinajstić information content (AvgIpc) is 3.02. The fourth-order valence-electron chi connectivity index (χ4n) is 5.27. The first-order valence-electron chi connectivity index (χ1n) is 15.6. The molecule has 18 heteroatoms. The van der Waals surface area contributed by atoms with E-state index in [1.165, 1.54) is 13.8 Å². The normalized spacial score (nSPS) is 41.6.